The number of amides is 2. The second-order valence-corrected chi connectivity index (χ2v) is 7.74. The third kappa shape index (κ3) is 3.47. The van der Waals surface area contributed by atoms with Crippen LogP contribution in [0.15, 0.2) is 0 Å². The van der Waals surface area contributed by atoms with Crippen LogP contribution in [0.25, 0.3) is 0 Å². The molecule has 2 amide bonds. The minimum atomic E-state index is -0.712. The Labute approximate surface area is 129 Å². The second-order valence-electron chi connectivity index (χ2n) is 6.59. The first-order valence-electron chi connectivity index (χ1n) is 8.02. The van der Waals surface area contributed by atoms with Crippen molar-refractivity contribution in [2.24, 2.45) is 5.92 Å². The molecule has 3 unspecified atom stereocenters. The Morgan fingerprint density at radius 1 is 1.19 bits per heavy atom. The fourth-order valence-corrected chi connectivity index (χ4v) is 5.21. The Hall–Kier alpha value is -0.910. The van der Waals surface area contributed by atoms with Crippen LogP contribution in [0, 0.1) is 5.92 Å². The van der Waals surface area contributed by atoms with Gasteiger partial charge in [-0.25, -0.2) is 4.79 Å². The van der Waals surface area contributed by atoms with Crippen molar-refractivity contribution in [1.82, 2.24) is 10.2 Å². The predicted octanol–water partition coefficient (Wildman–Crippen LogP) is 2.31. The third-order valence-corrected chi connectivity index (χ3v) is 6.23. The van der Waals surface area contributed by atoms with Crippen LogP contribution in [0.2, 0.25) is 0 Å². The molecule has 0 aromatic rings. The van der Waals surface area contributed by atoms with Crippen LogP contribution in [0.5, 0.6) is 0 Å². The van der Waals surface area contributed by atoms with E-state index in [1.807, 2.05) is 16.7 Å². The highest BCUT2D eigenvalue weighted by atomic mass is 32.2. The molecule has 3 saturated heterocycles. The Kier molecular flexibility index (Phi) is 4.62. The van der Waals surface area contributed by atoms with E-state index in [0.29, 0.717) is 6.04 Å². The molecule has 0 aliphatic carbocycles. The standard InChI is InChI=1S/C15H24N2O3S/c18-14(19)8-10-6-12-3-4-13(7-10)17(12)15(20)16-11-2-1-5-21-9-11/h10-13H,1-9H2,(H,16,20)(H,18,19). The van der Waals surface area contributed by atoms with Gasteiger partial charge >= 0.3 is 12.0 Å². The Morgan fingerprint density at radius 2 is 1.90 bits per heavy atom. The lowest BCUT2D eigenvalue weighted by atomic mass is 9.88. The minimum absolute atomic E-state index is 0.0868. The number of fused-ring (bicyclic) bond motifs is 2. The van der Waals surface area contributed by atoms with Crippen LogP contribution in [-0.2, 0) is 4.79 Å². The molecule has 0 radical (unpaired) electrons. The number of carbonyl (C=O) groups is 2. The quantitative estimate of drug-likeness (QED) is 0.839. The normalized spacial score (nSPS) is 35.5. The summed E-state index contributed by atoms with van der Waals surface area (Å²) >= 11 is 1.92. The van der Waals surface area contributed by atoms with Gasteiger partial charge in [0.2, 0.25) is 0 Å². The first-order valence-corrected chi connectivity index (χ1v) is 9.17. The number of urea groups is 1. The predicted molar refractivity (Wildman–Crippen MR) is 82.5 cm³/mol. The number of rotatable bonds is 3. The summed E-state index contributed by atoms with van der Waals surface area (Å²) in [6, 6.07) is 0.907. The summed E-state index contributed by atoms with van der Waals surface area (Å²) in [6.07, 6.45) is 6.31. The van der Waals surface area contributed by atoms with Crippen molar-refractivity contribution in [3.05, 3.63) is 0 Å². The molecule has 0 aromatic carbocycles. The van der Waals surface area contributed by atoms with Crippen molar-refractivity contribution in [3.8, 4) is 0 Å². The average Bonchev–Trinajstić information content (AvgIpc) is 2.71. The van der Waals surface area contributed by atoms with Gasteiger partial charge in [0.15, 0.2) is 0 Å². The number of aliphatic carboxylic acids is 1. The monoisotopic (exact) mass is 312 g/mol. The van der Waals surface area contributed by atoms with E-state index in [4.69, 9.17) is 5.11 Å². The summed E-state index contributed by atoms with van der Waals surface area (Å²) in [6.45, 7) is 0. The number of carboxylic acids is 1. The highest BCUT2D eigenvalue weighted by Gasteiger charge is 2.43. The van der Waals surface area contributed by atoms with Crippen molar-refractivity contribution >= 4 is 23.8 Å². The summed E-state index contributed by atoms with van der Waals surface area (Å²) in [5.74, 6) is 1.76. The van der Waals surface area contributed by atoms with Crippen LogP contribution < -0.4 is 5.32 Å². The van der Waals surface area contributed by atoms with Gasteiger partial charge in [-0.1, -0.05) is 0 Å². The van der Waals surface area contributed by atoms with Crippen LogP contribution in [0.3, 0.4) is 0 Å². The Morgan fingerprint density at radius 3 is 2.48 bits per heavy atom. The lowest BCUT2D eigenvalue weighted by Crippen LogP contribution is -2.53. The summed E-state index contributed by atoms with van der Waals surface area (Å²) < 4.78 is 0. The molecule has 21 heavy (non-hydrogen) atoms. The SMILES string of the molecule is O=C(O)CC1CC2CCC(C1)N2C(=O)NC1CCCSC1. The van der Waals surface area contributed by atoms with Crippen molar-refractivity contribution in [1.29, 1.82) is 0 Å². The maximum Gasteiger partial charge on any atom is 0.318 e. The summed E-state index contributed by atoms with van der Waals surface area (Å²) in [5.41, 5.74) is 0. The van der Waals surface area contributed by atoms with E-state index in [9.17, 15) is 9.59 Å². The molecular weight excluding hydrogens is 288 g/mol. The lowest BCUT2D eigenvalue weighted by molar-refractivity contribution is -0.138. The number of hydrogen-bond donors (Lipinski definition) is 2. The molecule has 0 spiro atoms. The van der Waals surface area contributed by atoms with E-state index in [0.717, 1.165) is 37.9 Å². The zero-order chi connectivity index (χ0) is 14.8. The van der Waals surface area contributed by atoms with Crippen molar-refractivity contribution in [3.63, 3.8) is 0 Å². The summed E-state index contributed by atoms with van der Waals surface area (Å²) in [4.78, 5) is 25.5. The van der Waals surface area contributed by atoms with Gasteiger partial charge < -0.3 is 15.3 Å². The average molecular weight is 312 g/mol. The van der Waals surface area contributed by atoms with Crippen LogP contribution in [-0.4, -0.2) is 51.6 Å². The van der Waals surface area contributed by atoms with Gasteiger partial charge in [0.1, 0.15) is 0 Å². The largest absolute Gasteiger partial charge is 0.481 e. The summed E-state index contributed by atoms with van der Waals surface area (Å²) in [5, 5.41) is 12.1. The second kappa shape index (κ2) is 6.46. The van der Waals surface area contributed by atoms with E-state index in [2.05, 4.69) is 5.32 Å². The molecule has 0 aromatic heterocycles. The third-order valence-electron chi connectivity index (χ3n) is 5.02. The molecule has 118 valence electrons. The molecule has 3 aliphatic rings. The number of hydrogen-bond acceptors (Lipinski definition) is 3. The van der Waals surface area contributed by atoms with E-state index in [1.54, 1.807) is 0 Å². The van der Waals surface area contributed by atoms with Crippen LogP contribution in [0.1, 0.15) is 44.9 Å². The molecule has 3 atom stereocenters. The number of nitrogens with zero attached hydrogens (tertiary/aromatic N) is 1. The van der Waals surface area contributed by atoms with Gasteiger partial charge in [0.25, 0.3) is 0 Å². The Balaban J connectivity index is 1.56. The summed E-state index contributed by atoms with van der Waals surface area (Å²) in [7, 11) is 0. The fraction of sp³-hybridized carbons (Fsp3) is 0.867. The van der Waals surface area contributed by atoms with Crippen LogP contribution in [0.4, 0.5) is 4.79 Å². The molecule has 6 heteroatoms. The fourth-order valence-electron chi connectivity index (χ4n) is 4.14. The number of piperidine rings is 1. The smallest absolute Gasteiger partial charge is 0.318 e. The molecular formula is C15H24N2O3S. The van der Waals surface area contributed by atoms with Gasteiger partial charge in [0, 0.05) is 30.3 Å². The lowest BCUT2D eigenvalue weighted by Gasteiger charge is -2.39. The topological polar surface area (TPSA) is 69.6 Å². The Bertz CT molecular complexity index is 398. The number of thioether (sulfide) groups is 1. The minimum Gasteiger partial charge on any atom is -0.481 e. The van der Waals surface area contributed by atoms with Gasteiger partial charge in [-0.3, -0.25) is 4.79 Å². The number of nitrogens with one attached hydrogen (secondary N) is 1. The number of carboxylic acid groups (broad SMARTS) is 1. The molecule has 2 N–H and O–H groups in total. The van der Waals surface area contributed by atoms with E-state index >= 15 is 0 Å². The highest BCUT2D eigenvalue weighted by molar-refractivity contribution is 7.99. The molecule has 0 saturated carbocycles. The molecule has 5 nitrogen and oxygen atoms in total. The molecule has 3 aliphatic heterocycles. The number of carbonyl (C=O) groups excluding carboxylic acids is 1. The van der Waals surface area contributed by atoms with E-state index < -0.39 is 5.97 Å². The van der Waals surface area contributed by atoms with Gasteiger partial charge in [0.05, 0.1) is 0 Å². The molecule has 3 rings (SSSR count). The van der Waals surface area contributed by atoms with Crippen molar-refractivity contribution in [2.75, 3.05) is 11.5 Å². The van der Waals surface area contributed by atoms with E-state index in [1.165, 1.54) is 12.2 Å². The van der Waals surface area contributed by atoms with Gasteiger partial charge in [-0.15, -0.1) is 0 Å². The maximum atomic E-state index is 12.5. The maximum absolute atomic E-state index is 12.5. The molecule has 3 heterocycles. The van der Waals surface area contributed by atoms with Crippen molar-refractivity contribution < 1.29 is 14.7 Å². The van der Waals surface area contributed by atoms with Crippen LogP contribution >= 0.6 is 11.8 Å². The molecule has 2 bridgehead atoms. The molecule has 3 fully saturated rings. The first-order chi connectivity index (χ1) is 10.1. The zero-order valence-corrected chi connectivity index (χ0v) is 13.1. The van der Waals surface area contributed by atoms with Gasteiger partial charge in [-0.2, -0.15) is 11.8 Å². The van der Waals surface area contributed by atoms with Gasteiger partial charge in [-0.05, 0) is 50.2 Å². The van der Waals surface area contributed by atoms with Crippen molar-refractivity contribution in [2.45, 2.75) is 63.1 Å². The highest BCUT2D eigenvalue weighted by Crippen LogP contribution is 2.40. The van der Waals surface area contributed by atoms with E-state index in [-0.39, 0.29) is 30.5 Å². The first kappa shape index (κ1) is 15.0. The zero-order valence-electron chi connectivity index (χ0n) is 12.3.